The number of rotatable bonds is 3. The number of benzene rings is 1. The number of nitrogens with one attached hydrogen (secondary N) is 2. The van der Waals surface area contributed by atoms with Gasteiger partial charge in [0.1, 0.15) is 5.39 Å². The van der Waals surface area contributed by atoms with Crippen LogP contribution in [0.25, 0.3) is 16.6 Å². The van der Waals surface area contributed by atoms with Crippen LogP contribution in [-0.4, -0.2) is 33.3 Å². The molecule has 3 aromatic heterocycles. The number of fused-ring (bicyclic) bond motifs is 2. The maximum Gasteiger partial charge on any atom is 0.264 e. The van der Waals surface area contributed by atoms with Gasteiger partial charge in [0.25, 0.3) is 5.56 Å². The van der Waals surface area contributed by atoms with Gasteiger partial charge in [-0.05, 0) is 58.2 Å². The molecule has 4 N–H and O–H groups in total. The number of nitrogens with zero attached hydrogens (tertiary/aromatic N) is 3. The van der Waals surface area contributed by atoms with Crippen molar-refractivity contribution in [2.75, 3.05) is 18.0 Å². The lowest BCUT2D eigenvalue weighted by atomic mass is 9.73. The molecule has 4 heterocycles. The van der Waals surface area contributed by atoms with Crippen LogP contribution in [0.15, 0.2) is 52.5 Å². The molecule has 0 saturated carbocycles. The average molecular weight is 445 g/mol. The number of H-pyrrole nitrogens is 2. The number of nitrogens with two attached hydrogens (primary N) is 1. The lowest BCUT2D eigenvalue weighted by Gasteiger charge is -2.42. The van der Waals surface area contributed by atoms with Crippen molar-refractivity contribution in [3.8, 4) is 0 Å². The molecule has 6 rings (SSSR count). The first kappa shape index (κ1) is 19.5. The molecular formula is C24H24N6OS. The van der Waals surface area contributed by atoms with E-state index in [2.05, 4.69) is 55.9 Å². The molecule has 8 heteroatoms. The fourth-order valence-corrected chi connectivity index (χ4v) is 6.01. The molecule has 1 aliphatic heterocycles. The second kappa shape index (κ2) is 7.15. The molecule has 1 saturated heterocycles. The lowest BCUT2D eigenvalue weighted by molar-refractivity contribution is 0.187. The van der Waals surface area contributed by atoms with Crippen molar-refractivity contribution in [2.45, 2.75) is 25.3 Å². The van der Waals surface area contributed by atoms with Crippen molar-refractivity contribution in [3.05, 3.63) is 80.4 Å². The smallest absolute Gasteiger partial charge is 0.264 e. The van der Waals surface area contributed by atoms with Crippen LogP contribution < -0.4 is 16.2 Å². The average Bonchev–Trinajstić information content (AvgIpc) is 3.54. The zero-order chi connectivity index (χ0) is 21.9. The fraction of sp³-hybridized carbons (Fsp3) is 0.292. The molecule has 1 spiro atoms. The Balaban J connectivity index is 1.26. The van der Waals surface area contributed by atoms with Crippen molar-refractivity contribution in [1.82, 2.24) is 20.2 Å². The number of hydrogen-bond donors (Lipinski definition) is 3. The maximum absolute atomic E-state index is 13.0. The lowest BCUT2D eigenvalue weighted by Crippen LogP contribution is -2.45. The predicted molar refractivity (Wildman–Crippen MR) is 128 cm³/mol. The van der Waals surface area contributed by atoms with Gasteiger partial charge in [0.05, 0.1) is 5.69 Å². The number of thiophene rings is 1. The molecule has 0 bridgehead atoms. The van der Waals surface area contributed by atoms with Gasteiger partial charge in [-0.15, -0.1) is 0 Å². The summed E-state index contributed by atoms with van der Waals surface area (Å²) in [5.74, 6) is 0.570. The Bertz CT molecular complexity index is 1380. The maximum atomic E-state index is 13.0. The highest BCUT2D eigenvalue weighted by molar-refractivity contribution is 7.08. The molecule has 162 valence electrons. The third kappa shape index (κ3) is 2.87. The predicted octanol–water partition coefficient (Wildman–Crippen LogP) is 3.61. The molecule has 7 nitrogen and oxygen atoms in total. The summed E-state index contributed by atoms with van der Waals surface area (Å²) in [5, 5.41) is 11.7. The first-order valence-electron chi connectivity index (χ1n) is 10.8. The van der Waals surface area contributed by atoms with Crippen LogP contribution in [0.1, 0.15) is 41.3 Å². The molecule has 0 radical (unpaired) electrons. The van der Waals surface area contributed by atoms with Crippen LogP contribution in [0.2, 0.25) is 0 Å². The van der Waals surface area contributed by atoms with Crippen LogP contribution in [0.3, 0.4) is 0 Å². The van der Waals surface area contributed by atoms with Crippen LogP contribution in [0, 0.1) is 5.41 Å². The Kier molecular flexibility index (Phi) is 4.34. The van der Waals surface area contributed by atoms with Gasteiger partial charge in [-0.25, -0.2) is 0 Å². The van der Waals surface area contributed by atoms with Crippen LogP contribution >= 0.6 is 11.3 Å². The van der Waals surface area contributed by atoms with E-state index in [1.54, 1.807) is 11.3 Å². The molecule has 1 aromatic carbocycles. The number of aromatic nitrogens is 4. The Labute approximate surface area is 189 Å². The highest BCUT2D eigenvalue weighted by Gasteiger charge is 2.46. The first-order chi connectivity index (χ1) is 15.6. The molecule has 32 heavy (non-hydrogen) atoms. The van der Waals surface area contributed by atoms with Gasteiger partial charge in [-0.2, -0.15) is 21.4 Å². The molecule has 1 atom stereocenters. The minimum absolute atomic E-state index is 0.0624. The Morgan fingerprint density at radius 1 is 1.25 bits per heavy atom. The zero-order valence-electron chi connectivity index (χ0n) is 17.6. The molecule has 0 unspecified atom stereocenters. The minimum Gasteiger partial charge on any atom is -0.342 e. The Morgan fingerprint density at radius 2 is 2.06 bits per heavy atom. The van der Waals surface area contributed by atoms with Crippen LogP contribution in [0.4, 0.5) is 5.95 Å². The third-order valence-electron chi connectivity index (χ3n) is 7.23. The largest absolute Gasteiger partial charge is 0.342 e. The second-order valence-corrected chi connectivity index (χ2v) is 9.66. The molecule has 2 aliphatic rings. The zero-order valence-corrected chi connectivity index (χ0v) is 18.4. The van der Waals surface area contributed by atoms with Crippen LogP contribution in [0.5, 0.6) is 0 Å². The van der Waals surface area contributed by atoms with Gasteiger partial charge in [0.2, 0.25) is 5.95 Å². The van der Waals surface area contributed by atoms with E-state index in [1.807, 2.05) is 16.8 Å². The van der Waals surface area contributed by atoms with Gasteiger partial charge in [-0.1, -0.05) is 30.8 Å². The Morgan fingerprint density at radius 3 is 2.81 bits per heavy atom. The molecule has 1 fully saturated rings. The van der Waals surface area contributed by atoms with E-state index in [0.717, 1.165) is 43.5 Å². The van der Waals surface area contributed by atoms with Gasteiger partial charge in [0.15, 0.2) is 5.65 Å². The topological polar surface area (TPSA) is 104 Å². The third-order valence-corrected chi connectivity index (χ3v) is 7.92. The number of anilines is 1. The summed E-state index contributed by atoms with van der Waals surface area (Å²) in [7, 11) is 0. The van der Waals surface area contributed by atoms with E-state index in [9.17, 15) is 4.79 Å². The van der Waals surface area contributed by atoms with E-state index < -0.39 is 0 Å². The monoisotopic (exact) mass is 444 g/mol. The molecule has 0 amide bonds. The summed E-state index contributed by atoms with van der Waals surface area (Å²) in [6.07, 6.45) is 2.95. The van der Waals surface area contributed by atoms with Crippen molar-refractivity contribution in [3.63, 3.8) is 0 Å². The van der Waals surface area contributed by atoms with E-state index in [4.69, 9.17) is 5.73 Å². The van der Waals surface area contributed by atoms with E-state index in [1.165, 1.54) is 11.1 Å². The summed E-state index contributed by atoms with van der Waals surface area (Å²) in [6, 6.07) is 10.6. The highest BCUT2D eigenvalue weighted by atomic mass is 32.1. The van der Waals surface area contributed by atoms with Crippen molar-refractivity contribution < 1.29 is 0 Å². The van der Waals surface area contributed by atoms with E-state index in [0.29, 0.717) is 22.7 Å². The molecular weight excluding hydrogens is 420 g/mol. The van der Waals surface area contributed by atoms with E-state index in [-0.39, 0.29) is 17.0 Å². The quantitative estimate of drug-likeness (QED) is 0.448. The summed E-state index contributed by atoms with van der Waals surface area (Å²) >= 11 is 1.59. The van der Waals surface area contributed by atoms with Gasteiger partial charge >= 0.3 is 0 Å². The van der Waals surface area contributed by atoms with E-state index >= 15 is 0 Å². The standard InChI is InChI=1S/C24H24N6OS/c1-14(16-6-11-32-13-16)19-18-21(29-28-19)26-23(27-22(18)31)30-9-7-24(8-10-30)12-15-4-2-3-5-17(15)20(24)25/h2-6,11,13,20H,1,7-10,12,25H2,(H2,26,27,28,29,31)/t20-/m1/s1. The van der Waals surface area contributed by atoms with Gasteiger partial charge < -0.3 is 10.6 Å². The fourth-order valence-electron chi connectivity index (χ4n) is 5.34. The highest BCUT2D eigenvalue weighted by Crippen LogP contribution is 2.50. The minimum atomic E-state index is -0.199. The van der Waals surface area contributed by atoms with Crippen molar-refractivity contribution >= 4 is 33.9 Å². The normalized spacial score (nSPS) is 19.5. The number of hydrogen-bond acceptors (Lipinski definition) is 6. The van der Waals surface area contributed by atoms with Gasteiger partial charge in [0, 0.05) is 24.7 Å². The van der Waals surface area contributed by atoms with Crippen LogP contribution in [-0.2, 0) is 6.42 Å². The second-order valence-electron chi connectivity index (χ2n) is 8.88. The summed E-state index contributed by atoms with van der Waals surface area (Å²) < 4.78 is 0. The van der Waals surface area contributed by atoms with Gasteiger partial charge in [-0.3, -0.25) is 14.9 Å². The Hall–Kier alpha value is -3.23. The molecule has 1 aliphatic carbocycles. The van der Waals surface area contributed by atoms with Crippen molar-refractivity contribution in [1.29, 1.82) is 0 Å². The number of piperidine rings is 1. The summed E-state index contributed by atoms with van der Waals surface area (Å²) in [6.45, 7) is 5.74. The number of aromatic amines is 2. The summed E-state index contributed by atoms with van der Waals surface area (Å²) in [4.78, 5) is 22.8. The summed E-state index contributed by atoms with van der Waals surface area (Å²) in [5.41, 5.74) is 12.0. The SMILES string of the molecule is C=C(c1ccsc1)c1[nH]nc2nc(N3CCC4(CC3)Cc3ccccc3[C@H]4N)[nH]c(=O)c12. The molecule has 4 aromatic rings. The van der Waals surface area contributed by atoms with Crippen molar-refractivity contribution in [2.24, 2.45) is 11.1 Å². The first-order valence-corrected chi connectivity index (χ1v) is 11.8.